The van der Waals surface area contributed by atoms with Crippen LogP contribution in [0, 0.1) is 0 Å². The fourth-order valence-electron chi connectivity index (χ4n) is 2.18. The Morgan fingerprint density at radius 3 is 1.72 bits per heavy atom. The zero-order chi connectivity index (χ0) is 13.3. The summed E-state index contributed by atoms with van der Waals surface area (Å²) >= 11 is 0. The van der Waals surface area contributed by atoms with Crippen LogP contribution in [0.1, 0.15) is 97.3 Å². The van der Waals surface area contributed by atoms with Gasteiger partial charge in [-0.15, -0.1) is 0 Å². The fraction of sp³-hybridized carbons (Fsp3) is 0.941. The number of nitrogens with zero attached hydrogens (tertiary/aromatic N) is 1. The van der Waals surface area contributed by atoms with Gasteiger partial charge in [0.15, 0.2) is 0 Å². The van der Waals surface area contributed by atoms with E-state index in [4.69, 9.17) is 0 Å². The lowest BCUT2D eigenvalue weighted by atomic mass is 10.1. The molecule has 0 unspecified atom stereocenters. The van der Waals surface area contributed by atoms with Crippen molar-refractivity contribution in [1.29, 1.82) is 0 Å². The molecule has 0 aliphatic carbocycles. The maximum atomic E-state index is 4.50. The third kappa shape index (κ3) is 15.7. The molecule has 0 aromatic carbocycles. The molecule has 0 atom stereocenters. The summed E-state index contributed by atoms with van der Waals surface area (Å²) in [5.41, 5.74) is 0. The predicted octanol–water partition coefficient (Wildman–Crippen LogP) is 6.17. The van der Waals surface area contributed by atoms with E-state index in [0.29, 0.717) is 0 Å². The Kier molecular flexibility index (Phi) is 16.4. The molecule has 0 spiro atoms. The highest BCUT2D eigenvalue weighted by molar-refractivity contribution is 5.56. The molecule has 0 saturated heterocycles. The van der Waals surface area contributed by atoms with Gasteiger partial charge >= 0.3 is 0 Å². The van der Waals surface area contributed by atoms with Gasteiger partial charge in [0.25, 0.3) is 0 Å². The Balaban J connectivity index is 3.00. The molecule has 0 bridgehead atoms. The Labute approximate surface area is 115 Å². The summed E-state index contributed by atoms with van der Waals surface area (Å²) in [6.07, 6.45) is 19.9. The van der Waals surface area contributed by atoms with E-state index in [2.05, 4.69) is 25.1 Å². The van der Waals surface area contributed by atoms with Crippen molar-refractivity contribution >= 4 is 6.21 Å². The van der Waals surface area contributed by atoms with E-state index in [1.807, 2.05) is 0 Å². The molecular formula is C17H35N. The Morgan fingerprint density at radius 1 is 0.611 bits per heavy atom. The van der Waals surface area contributed by atoms with Crippen LogP contribution in [0.5, 0.6) is 0 Å². The van der Waals surface area contributed by atoms with Gasteiger partial charge < -0.3 is 0 Å². The highest BCUT2D eigenvalue weighted by Crippen LogP contribution is 2.07. The highest BCUT2D eigenvalue weighted by atomic mass is 14.7. The van der Waals surface area contributed by atoms with E-state index in [1.54, 1.807) is 0 Å². The van der Waals surface area contributed by atoms with E-state index < -0.39 is 0 Å². The molecule has 0 fully saturated rings. The molecule has 0 heterocycles. The summed E-state index contributed by atoms with van der Waals surface area (Å²) in [6, 6.07) is 0. The zero-order valence-corrected chi connectivity index (χ0v) is 12.9. The summed E-state index contributed by atoms with van der Waals surface area (Å²) in [5.74, 6) is 0. The fourth-order valence-corrected chi connectivity index (χ4v) is 2.18. The van der Waals surface area contributed by atoms with Crippen LogP contribution >= 0.6 is 0 Å². The van der Waals surface area contributed by atoms with Crippen LogP contribution < -0.4 is 0 Å². The summed E-state index contributed by atoms with van der Waals surface area (Å²) in [7, 11) is 0. The second-order valence-corrected chi connectivity index (χ2v) is 5.41. The average molecular weight is 253 g/mol. The van der Waals surface area contributed by atoms with Gasteiger partial charge in [-0.1, -0.05) is 78.1 Å². The first kappa shape index (κ1) is 17.7. The number of hydrogen-bond donors (Lipinski definition) is 0. The first-order valence-electron chi connectivity index (χ1n) is 8.40. The van der Waals surface area contributed by atoms with Crippen LogP contribution in [-0.4, -0.2) is 12.8 Å². The van der Waals surface area contributed by atoms with Crippen molar-refractivity contribution in [3.8, 4) is 0 Å². The normalized spacial score (nSPS) is 11.4. The van der Waals surface area contributed by atoms with Crippen molar-refractivity contribution in [2.45, 2.75) is 97.3 Å². The summed E-state index contributed by atoms with van der Waals surface area (Å²) < 4.78 is 0. The van der Waals surface area contributed by atoms with Gasteiger partial charge in [0.2, 0.25) is 0 Å². The maximum Gasteiger partial charge on any atom is 0.0385 e. The molecule has 18 heavy (non-hydrogen) atoms. The zero-order valence-electron chi connectivity index (χ0n) is 12.9. The Hall–Kier alpha value is -0.330. The second-order valence-electron chi connectivity index (χ2n) is 5.41. The minimum atomic E-state index is 1.06. The molecule has 0 aromatic heterocycles. The Bertz CT molecular complexity index is 163. The molecule has 0 saturated carbocycles. The van der Waals surface area contributed by atoms with Crippen molar-refractivity contribution in [3.05, 3.63) is 0 Å². The lowest BCUT2D eigenvalue weighted by Crippen LogP contribution is -1.85. The molecule has 1 heteroatoms. The highest BCUT2D eigenvalue weighted by Gasteiger charge is 1.90. The van der Waals surface area contributed by atoms with E-state index in [0.717, 1.165) is 6.54 Å². The van der Waals surface area contributed by atoms with Crippen LogP contribution in [0.4, 0.5) is 0 Å². The monoisotopic (exact) mass is 253 g/mol. The van der Waals surface area contributed by atoms with Crippen molar-refractivity contribution in [1.82, 2.24) is 0 Å². The van der Waals surface area contributed by atoms with Gasteiger partial charge in [-0.25, -0.2) is 0 Å². The van der Waals surface area contributed by atoms with E-state index in [1.165, 1.54) is 83.5 Å². The minimum Gasteiger partial charge on any atom is -0.298 e. The predicted molar refractivity (Wildman–Crippen MR) is 84.7 cm³/mol. The van der Waals surface area contributed by atoms with Crippen LogP contribution in [-0.2, 0) is 0 Å². The first-order chi connectivity index (χ1) is 8.91. The van der Waals surface area contributed by atoms with E-state index in [-0.39, 0.29) is 0 Å². The summed E-state index contributed by atoms with van der Waals surface area (Å²) in [6.45, 7) is 5.60. The number of aliphatic imine (C=N–C) groups is 1. The lowest BCUT2D eigenvalue weighted by molar-refractivity contribution is 0.593. The number of rotatable bonds is 14. The van der Waals surface area contributed by atoms with Gasteiger partial charge in [0.05, 0.1) is 0 Å². The largest absolute Gasteiger partial charge is 0.298 e. The molecule has 0 aromatic rings. The first-order valence-corrected chi connectivity index (χ1v) is 8.40. The molecule has 0 radical (unpaired) electrons. The van der Waals surface area contributed by atoms with Gasteiger partial charge in [-0.05, 0) is 25.5 Å². The molecule has 0 aliphatic heterocycles. The van der Waals surface area contributed by atoms with Crippen LogP contribution in [0.2, 0.25) is 0 Å². The summed E-state index contributed by atoms with van der Waals surface area (Å²) in [4.78, 5) is 4.50. The van der Waals surface area contributed by atoms with Crippen LogP contribution in [0.15, 0.2) is 4.99 Å². The summed E-state index contributed by atoms with van der Waals surface area (Å²) in [5, 5.41) is 0. The molecule has 0 amide bonds. The van der Waals surface area contributed by atoms with Gasteiger partial charge in [0.1, 0.15) is 0 Å². The third-order valence-electron chi connectivity index (χ3n) is 3.46. The smallest absolute Gasteiger partial charge is 0.0385 e. The molecular weight excluding hydrogens is 218 g/mol. The standard InChI is InChI=1S/C17H35N/c1-3-5-7-9-11-13-15-17-18-16-14-12-10-8-6-4-2/h16H,3-15,17H2,1-2H3. The number of unbranched alkanes of at least 4 members (excludes halogenated alkanes) is 11. The Morgan fingerprint density at radius 2 is 1.11 bits per heavy atom. The van der Waals surface area contributed by atoms with Gasteiger partial charge in [0, 0.05) is 6.54 Å². The van der Waals surface area contributed by atoms with Crippen LogP contribution in [0.3, 0.4) is 0 Å². The van der Waals surface area contributed by atoms with E-state index >= 15 is 0 Å². The molecule has 1 nitrogen and oxygen atoms in total. The average Bonchev–Trinajstić information content (AvgIpc) is 2.39. The van der Waals surface area contributed by atoms with Crippen LogP contribution in [0.25, 0.3) is 0 Å². The molecule has 0 rings (SSSR count). The van der Waals surface area contributed by atoms with Crippen molar-refractivity contribution in [2.75, 3.05) is 6.54 Å². The molecule has 0 aliphatic rings. The van der Waals surface area contributed by atoms with Gasteiger partial charge in [-0.3, -0.25) is 4.99 Å². The van der Waals surface area contributed by atoms with E-state index in [9.17, 15) is 0 Å². The van der Waals surface area contributed by atoms with Gasteiger partial charge in [-0.2, -0.15) is 0 Å². The molecule has 108 valence electrons. The second kappa shape index (κ2) is 16.7. The van der Waals surface area contributed by atoms with Crippen molar-refractivity contribution in [2.24, 2.45) is 4.99 Å². The lowest BCUT2D eigenvalue weighted by Gasteiger charge is -1.99. The molecule has 0 N–H and O–H groups in total. The number of hydrogen-bond acceptors (Lipinski definition) is 1. The minimum absolute atomic E-state index is 1.06. The van der Waals surface area contributed by atoms with Crippen molar-refractivity contribution in [3.63, 3.8) is 0 Å². The topological polar surface area (TPSA) is 12.4 Å². The van der Waals surface area contributed by atoms with Crippen molar-refractivity contribution < 1.29 is 0 Å². The SMILES string of the molecule is CCCCCCCC=NCCCCCCCCC. The quantitative estimate of drug-likeness (QED) is 0.259. The third-order valence-corrected chi connectivity index (χ3v) is 3.46. The maximum absolute atomic E-state index is 4.50.